The maximum atomic E-state index is 13.6. The second kappa shape index (κ2) is 20.4. The molecule has 4 aromatic rings. The lowest BCUT2D eigenvalue weighted by atomic mass is 9.74. The molecule has 6 rings (SSSR count). The molecular weight excluding hydrogens is 704 g/mol. The molecule has 2 N–H and O–H groups in total. The first kappa shape index (κ1) is 42.4. The Labute approximate surface area is 333 Å². The number of benzene rings is 4. The highest BCUT2D eigenvalue weighted by Gasteiger charge is 2.39. The molecule has 0 bridgehead atoms. The van der Waals surface area contributed by atoms with Gasteiger partial charge in [0.05, 0.1) is 0 Å². The monoisotopic (exact) mass is 764 g/mol. The van der Waals surface area contributed by atoms with Gasteiger partial charge in [-0.25, -0.2) is 4.39 Å². The van der Waals surface area contributed by atoms with Crippen LogP contribution in [-0.2, 0) is 22.4 Å². The van der Waals surface area contributed by atoms with Gasteiger partial charge in [0.15, 0.2) is 13.2 Å². The van der Waals surface area contributed by atoms with Gasteiger partial charge >= 0.3 is 0 Å². The third kappa shape index (κ3) is 12.4. The van der Waals surface area contributed by atoms with E-state index in [4.69, 9.17) is 9.47 Å². The Morgan fingerprint density at radius 3 is 1.52 bits per heavy atom. The van der Waals surface area contributed by atoms with Crippen LogP contribution < -0.4 is 20.1 Å². The number of halogens is 1. The molecule has 4 aromatic carbocycles. The van der Waals surface area contributed by atoms with Crippen molar-refractivity contribution in [2.24, 2.45) is 0 Å². The van der Waals surface area contributed by atoms with E-state index < -0.39 is 0 Å². The minimum atomic E-state index is -0.189. The average Bonchev–Trinajstić information content (AvgIpc) is 3.20. The second-order valence-electron chi connectivity index (χ2n) is 16.0. The molecule has 0 spiro atoms. The summed E-state index contributed by atoms with van der Waals surface area (Å²) in [5.41, 5.74) is 3.96. The summed E-state index contributed by atoms with van der Waals surface area (Å²) in [6, 6.07) is 34.8. The van der Waals surface area contributed by atoms with E-state index in [1.165, 1.54) is 17.2 Å². The van der Waals surface area contributed by atoms with E-state index >= 15 is 0 Å². The Morgan fingerprint density at radius 1 is 0.625 bits per heavy atom. The van der Waals surface area contributed by atoms with Crippen LogP contribution in [0.5, 0.6) is 11.5 Å². The van der Waals surface area contributed by atoms with Gasteiger partial charge in [0.2, 0.25) is 0 Å². The Morgan fingerprint density at radius 2 is 1.07 bits per heavy atom. The van der Waals surface area contributed by atoms with Crippen LogP contribution in [0.15, 0.2) is 109 Å². The number of nitrogens with one attached hydrogen (secondary N) is 2. The maximum Gasteiger partial charge on any atom is 0.258 e. The number of aryl methyl sites for hydroxylation is 1. The van der Waals surface area contributed by atoms with Crippen LogP contribution in [0.1, 0.15) is 68.1 Å². The number of carbonyl (C=O) groups excluding carboxylic acids is 2. The van der Waals surface area contributed by atoms with E-state index in [1.807, 2.05) is 66.7 Å². The summed E-state index contributed by atoms with van der Waals surface area (Å²) < 4.78 is 24.7. The average molecular weight is 765 g/mol. The number of likely N-dealkylation sites (N-methyl/N-ethyl adjacent to an activating group) is 2. The summed E-state index contributed by atoms with van der Waals surface area (Å²) in [7, 11) is 8.55. The van der Waals surface area contributed by atoms with Crippen molar-refractivity contribution < 1.29 is 23.5 Å². The minimum absolute atomic E-state index is 0.00441. The highest BCUT2D eigenvalue weighted by Crippen LogP contribution is 2.37. The van der Waals surface area contributed by atoms with Crippen molar-refractivity contribution >= 4 is 11.8 Å². The van der Waals surface area contributed by atoms with E-state index in [-0.39, 0.29) is 54.0 Å². The molecule has 2 aliphatic carbocycles. The standard InChI is InChI=1S/C24H32N2O2.C23H29FN2O2/c1-19-9-7-8-10-20(19)17-24(26(2)3)15-13-21(14-16-24)25-23(27)18-28-22-11-5-4-6-12-22;1-26(2)23(16-18-7-6-8-19(24)15-18)13-11-20(12-14-23)25-22(27)17-28-21-9-4-3-5-10-21/h4-12,21H,13-18H2,1-3H3,(H,25,27);3-10,15,20H,11-14,16-17H2,1-2H3,(H,25,27). The van der Waals surface area contributed by atoms with Gasteiger partial charge in [-0.15, -0.1) is 0 Å². The molecule has 8 nitrogen and oxygen atoms in total. The third-order valence-corrected chi connectivity index (χ3v) is 11.9. The summed E-state index contributed by atoms with van der Waals surface area (Å²) >= 11 is 0. The summed E-state index contributed by atoms with van der Waals surface area (Å²) in [6.07, 6.45) is 9.77. The van der Waals surface area contributed by atoms with Gasteiger partial charge in [-0.3, -0.25) is 9.59 Å². The molecule has 0 radical (unpaired) electrons. The lowest BCUT2D eigenvalue weighted by molar-refractivity contribution is -0.125. The first-order chi connectivity index (χ1) is 26.9. The van der Waals surface area contributed by atoms with E-state index in [0.717, 1.165) is 75.5 Å². The van der Waals surface area contributed by atoms with Crippen molar-refractivity contribution in [3.05, 3.63) is 132 Å². The van der Waals surface area contributed by atoms with Gasteiger partial charge in [-0.2, -0.15) is 0 Å². The van der Waals surface area contributed by atoms with Gasteiger partial charge in [0, 0.05) is 23.2 Å². The molecule has 2 aliphatic rings. The number of nitrogens with zero attached hydrogens (tertiary/aromatic N) is 2. The Hall–Kier alpha value is -4.73. The number of amides is 2. The number of carbonyl (C=O) groups is 2. The van der Waals surface area contributed by atoms with Crippen molar-refractivity contribution in [1.29, 1.82) is 0 Å². The minimum Gasteiger partial charge on any atom is -0.484 e. The molecule has 2 fully saturated rings. The molecule has 9 heteroatoms. The first-order valence-corrected chi connectivity index (χ1v) is 20.0. The topological polar surface area (TPSA) is 83.1 Å². The van der Waals surface area contributed by atoms with Crippen molar-refractivity contribution in [2.75, 3.05) is 41.4 Å². The molecule has 2 amide bonds. The van der Waals surface area contributed by atoms with Crippen LogP contribution in [-0.4, -0.2) is 86.2 Å². The van der Waals surface area contributed by atoms with E-state index in [2.05, 4.69) is 79.8 Å². The van der Waals surface area contributed by atoms with Gasteiger partial charge in [0.25, 0.3) is 11.8 Å². The first-order valence-electron chi connectivity index (χ1n) is 20.0. The Kier molecular flexibility index (Phi) is 15.5. The van der Waals surface area contributed by atoms with Crippen LogP contribution in [0.2, 0.25) is 0 Å². The fourth-order valence-electron chi connectivity index (χ4n) is 8.22. The van der Waals surface area contributed by atoms with E-state index in [1.54, 1.807) is 12.1 Å². The summed E-state index contributed by atoms with van der Waals surface area (Å²) in [5.74, 6) is 1.11. The van der Waals surface area contributed by atoms with Crippen molar-refractivity contribution in [3.63, 3.8) is 0 Å². The summed E-state index contributed by atoms with van der Waals surface area (Å²) in [4.78, 5) is 29.1. The van der Waals surface area contributed by atoms with Crippen molar-refractivity contribution in [2.45, 2.75) is 94.3 Å². The number of hydrogen-bond donors (Lipinski definition) is 2. The number of ether oxygens (including phenoxy) is 2. The molecule has 56 heavy (non-hydrogen) atoms. The molecular formula is C47H61FN4O4. The summed E-state index contributed by atoms with van der Waals surface area (Å²) in [5, 5.41) is 6.25. The number of para-hydroxylation sites is 2. The van der Waals surface area contributed by atoms with Crippen LogP contribution in [0.25, 0.3) is 0 Å². The molecule has 0 saturated heterocycles. The Bertz CT molecular complexity index is 1800. The zero-order valence-corrected chi connectivity index (χ0v) is 33.9. The van der Waals surface area contributed by atoms with Gasteiger partial charge < -0.3 is 29.9 Å². The predicted molar refractivity (Wildman–Crippen MR) is 222 cm³/mol. The SMILES string of the molecule is CN(C)C1(Cc2cccc(F)c2)CCC(NC(=O)COc2ccccc2)CC1.Cc1ccccc1CC1(N(C)C)CCC(NC(=O)COc2ccccc2)CC1. The lowest BCUT2D eigenvalue weighted by Gasteiger charge is -2.45. The fourth-order valence-corrected chi connectivity index (χ4v) is 8.22. The molecule has 0 unspecified atom stereocenters. The predicted octanol–water partition coefficient (Wildman–Crippen LogP) is 7.78. The van der Waals surface area contributed by atoms with Crippen LogP contribution in [0.4, 0.5) is 4.39 Å². The molecule has 0 atom stereocenters. The zero-order chi connectivity index (χ0) is 40.0. The van der Waals surface area contributed by atoms with Gasteiger partial charge in [-0.1, -0.05) is 72.8 Å². The molecule has 0 aliphatic heterocycles. The van der Waals surface area contributed by atoms with Crippen molar-refractivity contribution in [1.82, 2.24) is 20.4 Å². The highest BCUT2D eigenvalue weighted by atomic mass is 19.1. The van der Waals surface area contributed by atoms with Gasteiger partial charge in [0.1, 0.15) is 17.3 Å². The number of hydrogen-bond acceptors (Lipinski definition) is 6. The number of rotatable bonds is 14. The molecule has 0 heterocycles. The van der Waals surface area contributed by atoms with Crippen LogP contribution in [0, 0.1) is 12.7 Å². The largest absolute Gasteiger partial charge is 0.484 e. The highest BCUT2D eigenvalue weighted by molar-refractivity contribution is 5.78. The van der Waals surface area contributed by atoms with Crippen LogP contribution in [0.3, 0.4) is 0 Å². The third-order valence-electron chi connectivity index (χ3n) is 11.9. The van der Waals surface area contributed by atoms with E-state index in [9.17, 15) is 14.0 Å². The van der Waals surface area contributed by atoms with Crippen LogP contribution >= 0.6 is 0 Å². The normalized spacial score (nSPS) is 22.1. The molecule has 300 valence electrons. The zero-order valence-electron chi connectivity index (χ0n) is 33.9. The molecule has 2 saturated carbocycles. The van der Waals surface area contributed by atoms with E-state index in [0.29, 0.717) is 5.75 Å². The smallest absolute Gasteiger partial charge is 0.258 e. The second-order valence-corrected chi connectivity index (χ2v) is 16.0. The van der Waals surface area contributed by atoms with Gasteiger partial charge in [-0.05, 0) is 152 Å². The maximum absolute atomic E-state index is 13.6. The summed E-state index contributed by atoms with van der Waals surface area (Å²) in [6.45, 7) is 2.29. The fraction of sp³-hybridized carbons (Fsp3) is 0.447. The van der Waals surface area contributed by atoms with Crippen molar-refractivity contribution in [3.8, 4) is 11.5 Å². The Balaban J connectivity index is 0.000000214. The lowest BCUT2D eigenvalue weighted by Crippen LogP contribution is -2.52. The molecule has 0 aromatic heterocycles. The quantitative estimate of drug-likeness (QED) is 0.137.